The van der Waals surface area contributed by atoms with Crippen molar-refractivity contribution in [3.63, 3.8) is 0 Å². The van der Waals surface area contributed by atoms with Crippen LogP contribution in [0.15, 0.2) is 54.4 Å². The molecule has 130 valence electrons. The van der Waals surface area contributed by atoms with E-state index < -0.39 is 0 Å². The second-order valence-corrected chi connectivity index (χ2v) is 7.52. The molecular formula is C19H22N4OS. The fraction of sp³-hybridized carbons (Fsp3) is 0.368. The number of rotatable bonds is 6. The van der Waals surface area contributed by atoms with Crippen LogP contribution in [-0.4, -0.2) is 32.6 Å². The number of hydrogen-bond acceptors (Lipinski definition) is 5. The maximum absolute atomic E-state index is 5.99. The summed E-state index contributed by atoms with van der Waals surface area (Å²) >= 11 is 1.82. The zero-order valence-corrected chi connectivity index (χ0v) is 14.9. The van der Waals surface area contributed by atoms with Crippen LogP contribution in [0.4, 0.5) is 0 Å². The molecule has 4 rings (SSSR count). The summed E-state index contributed by atoms with van der Waals surface area (Å²) in [5.74, 6) is 1.60. The van der Waals surface area contributed by atoms with Crippen molar-refractivity contribution in [1.82, 2.24) is 19.4 Å². The van der Waals surface area contributed by atoms with Gasteiger partial charge in [0.2, 0.25) is 0 Å². The monoisotopic (exact) mass is 354 g/mol. The van der Waals surface area contributed by atoms with E-state index in [0.717, 1.165) is 44.2 Å². The van der Waals surface area contributed by atoms with Gasteiger partial charge in [-0.1, -0.05) is 12.1 Å². The van der Waals surface area contributed by atoms with E-state index in [4.69, 9.17) is 4.74 Å². The maximum Gasteiger partial charge on any atom is 0.122 e. The predicted octanol–water partition coefficient (Wildman–Crippen LogP) is 3.19. The summed E-state index contributed by atoms with van der Waals surface area (Å²) in [5, 5.41) is 2.14. The lowest BCUT2D eigenvalue weighted by molar-refractivity contribution is 0.0666. The topological polar surface area (TPSA) is 43.2 Å². The van der Waals surface area contributed by atoms with E-state index in [2.05, 4.69) is 49.2 Å². The fourth-order valence-electron chi connectivity index (χ4n) is 3.30. The van der Waals surface area contributed by atoms with Gasteiger partial charge < -0.3 is 9.30 Å². The van der Waals surface area contributed by atoms with Gasteiger partial charge >= 0.3 is 0 Å². The number of aromatic nitrogens is 3. The summed E-state index contributed by atoms with van der Waals surface area (Å²) in [4.78, 5) is 12.6. The summed E-state index contributed by atoms with van der Waals surface area (Å²) in [7, 11) is 0. The standard InChI is InChI=1S/C19H22N4OS/c1-3-16(9-20-5-1)14-24-15-17-10-22(12-18-4-2-8-25-18)13-19-21-6-7-23(19)11-17/h1-9,17H,10-15H2/t17-/m0/s1. The summed E-state index contributed by atoms with van der Waals surface area (Å²) in [6, 6.07) is 8.32. The van der Waals surface area contributed by atoms with Crippen molar-refractivity contribution >= 4 is 11.3 Å². The minimum atomic E-state index is 0.451. The van der Waals surface area contributed by atoms with Gasteiger partial charge in [-0.15, -0.1) is 11.3 Å². The largest absolute Gasteiger partial charge is 0.376 e. The van der Waals surface area contributed by atoms with Gasteiger partial charge in [0.1, 0.15) is 5.82 Å². The van der Waals surface area contributed by atoms with Crippen LogP contribution >= 0.6 is 11.3 Å². The normalized spacial score (nSPS) is 18.0. The highest BCUT2D eigenvalue weighted by Gasteiger charge is 2.22. The SMILES string of the molecule is c1cncc(COC[C@H]2CN(Cc3cccs3)Cc3nccn3C2)c1. The molecule has 0 radical (unpaired) electrons. The lowest BCUT2D eigenvalue weighted by atomic mass is 10.1. The van der Waals surface area contributed by atoms with Crippen LogP contribution in [0.25, 0.3) is 0 Å². The van der Waals surface area contributed by atoms with Crippen molar-refractivity contribution in [2.75, 3.05) is 13.2 Å². The Morgan fingerprint density at radius 2 is 2.20 bits per heavy atom. The molecule has 0 aliphatic carbocycles. The molecule has 0 N–H and O–H groups in total. The minimum Gasteiger partial charge on any atom is -0.376 e. The summed E-state index contributed by atoms with van der Waals surface area (Å²) < 4.78 is 8.26. The Morgan fingerprint density at radius 3 is 3.04 bits per heavy atom. The number of pyridine rings is 1. The second kappa shape index (κ2) is 7.91. The third-order valence-corrected chi connectivity index (χ3v) is 5.30. The molecule has 0 unspecified atom stereocenters. The molecule has 3 aromatic rings. The molecule has 25 heavy (non-hydrogen) atoms. The number of nitrogens with zero attached hydrogens (tertiary/aromatic N) is 4. The van der Waals surface area contributed by atoms with Gasteiger partial charge in [-0.25, -0.2) is 4.98 Å². The Balaban J connectivity index is 1.40. The molecule has 1 aliphatic heterocycles. The first-order chi connectivity index (χ1) is 12.4. The van der Waals surface area contributed by atoms with Gasteiger partial charge in [0.15, 0.2) is 0 Å². The molecule has 0 saturated heterocycles. The number of ether oxygens (including phenoxy) is 1. The Morgan fingerprint density at radius 1 is 1.20 bits per heavy atom. The van der Waals surface area contributed by atoms with Crippen LogP contribution < -0.4 is 0 Å². The van der Waals surface area contributed by atoms with Crippen LogP contribution in [-0.2, 0) is 31.0 Å². The molecule has 3 aromatic heterocycles. The highest BCUT2D eigenvalue weighted by Crippen LogP contribution is 2.20. The van der Waals surface area contributed by atoms with Crippen LogP contribution in [0, 0.1) is 5.92 Å². The van der Waals surface area contributed by atoms with Gasteiger partial charge in [-0.3, -0.25) is 9.88 Å². The number of imidazole rings is 1. The summed E-state index contributed by atoms with van der Waals surface area (Å²) in [6.45, 7) is 5.21. The van der Waals surface area contributed by atoms with Gasteiger partial charge in [-0.05, 0) is 23.1 Å². The van der Waals surface area contributed by atoms with E-state index in [1.807, 2.05) is 29.8 Å². The molecule has 0 fully saturated rings. The number of hydrogen-bond donors (Lipinski definition) is 0. The number of thiophene rings is 1. The van der Waals surface area contributed by atoms with Gasteiger partial charge in [0.25, 0.3) is 0 Å². The summed E-state index contributed by atoms with van der Waals surface area (Å²) in [5.41, 5.74) is 1.12. The van der Waals surface area contributed by atoms with Crippen molar-refractivity contribution < 1.29 is 4.74 Å². The predicted molar refractivity (Wildman–Crippen MR) is 98.0 cm³/mol. The van der Waals surface area contributed by atoms with Crippen LogP contribution in [0.1, 0.15) is 16.3 Å². The molecular weight excluding hydrogens is 332 g/mol. The van der Waals surface area contributed by atoms with E-state index in [0.29, 0.717) is 12.5 Å². The van der Waals surface area contributed by atoms with E-state index in [1.165, 1.54) is 4.88 Å². The molecule has 1 atom stereocenters. The molecule has 0 aromatic carbocycles. The van der Waals surface area contributed by atoms with Crippen molar-refractivity contribution in [3.8, 4) is 0 Å². The Bertz CT molecular complexity index is 772. The highest BCUT2D eigenvalue weighted by atomic mass is 32.1. The lowest BCUT2D eigenvalue weighted by Gasteiger charge is -2.23. The smallest absolute Gasteiger partial charge is 0.122 e. The maximum atomic E-state index is 5.99. The first-order valence-corrected chi connectivity index (χ1v) is 9.46. The zero-order chi connectivity index (χ0) is 16.9. The Labute approximate surface area is 151 Å². The average Bonchev–Trinajstić information content (AvgIpc) is 3.25. The van der Waals surface area contributed by atoms with E-state index >= 15 is 0 Å². The third-order valence-electron chi connectivity index (χ3n) is 4.44. The molecule has 0 bridgehead atoms. The molecule has 0 amide bonds. The van der Waals surface area contributed by atoms with Gasteiger partial charge in [0.05, 0.1) is 19.8 Å². The Hall–Kier alpha value is -2.02. The van der Waals surface area contributed by atoms with E-state index in [1.54, 1.807) is 6.20 Å². The molecule has 4 heterocycles. The van der Waals surface area contributed by atoms with Gasteiger partial charge in [-0.2, -0.15) is 0 Å². The first kappa shape index (κ1) is 16.4. The first-order valence-electron chi connectivity index (χ1n) is 8.58. The quantitative estimate of drug-likeness (QED) is 0.682. The van der Waals surface area contributed by atoms with Crippen LogP contribution in [0.2, 0.25) is 0 Å². The van der Waals surface area contributed by atoms with Crippen molar-refractivity contribution in [3.05, 3.63) is 70.7 Å². The highest BCUT2D eigenvalue weighted by molar-refractivity contribution is 7.09. The zero-order valence-electron chi connectivity index (χ0n) is 14.1. The molecule has 5 nitrogen and oxygen atoms in total. The summed E-state index contributed by atoms with van der Waals surface area (Å²) in [6.07, 6.45) is 7.64. The molecule has 0 saturated carbocycles. The fourth-order valence-corrected chi connectivity index (χ4v) is 4.05. The second-order valence-electron chi connectivity index (χ2n) is 6.49. The van der Waals surface area contributed by atoms with Crippen molar-refractivity contribution in [2.24, 2.45) is 5.92 Å². The number of fused-ring (bicyclic) bond motifs is 1. The molecule has 1 aliphatic rings. The lowest BCUT2D eigenvalue weighted by Crippen LogP contribution is -2.29. The van der Waals surface area contributed by atoms with Gasteiger partial charge in [0, 0.05) is 55.2 Å². The molecule has 0 spiro atoms. The Kier molecular flexibility index (Phi) is 5.20. The van der Waals surface area contributed by atoms with E-state index in [9.17, 15) is 0 Å². The molecule has 6 heteroatoms. The minimum absolute atomic E-state index is 0.451. The van der Waals surface area contributed by atoms with Crippen molar-refractivity contribution in [2.45, 2.75) is 26.2 Å². The van der Waals surface area contributed by atoms with Crippen molar-refractivity contribution in [1.29, 1.82) is 0 Å². The third kappa shape index (κ3) is 4.34. The van der Waals surface area contributed by atoms with Crippen LogP contribution in [0.5, 0.6) is 0 Å². The van der Waals surface area contributed by atoms with E-state index in [-0.39, 0.29) is 0 Å². The van der Waals surface area contributed by atoms with Crippen LogP contribution in [0.3, 0.4) is 0 Å². The average molecular weight is 354 g/mol.